The van der Waals surface area contributed by atoms with Crippen molar-refractivity contribution in [1.82, 2.24) is 15.1 Å². The summed E-state index contributed by atoms with van der Waals surface area (Å²) in [6.45, 7) is 1.79. The van der Waals surface area contributed by atoms with Crippen LogP contribution in [0, 0.1) is 6.92 Å². The quantitative estimate of drug-likeness (QED) is 0.245. The van der Waals surface area contributed by atoms with Crippen LogP contribution in [0.25, 0.3) is 16.9 Å². The SMILES string of the molecule is COC(=O)C(CCc1ccccc1)NC(=O)c1nn(-c2ccc(Cl)cc2Cl)c(-c2ccc(Cl)cc2)c1C. The monoisotopic (exact) mass is 555 g/mol. The van der Waals surface area contributed by atoms with E-state index in [9.17, 15) is 9.59 Å². The van der Waals surface area contributed by atoms with Crippen molar-refractivity contribution in [2.24, 2.45) is 0 Å². The predicted octanol–water partition coefficient (Wildman–Crippen LogP) is 6.71. The number of benzene rings is 3. The van der Waals surface area contributed by atoms with E-state index in [1.807, 2.05) is 42.5 Å². The number of carbonyl (C=O) groups excluding carboxylic acids is 2. The Morgan fingerprint density at radius 2 is 1.65 bits per heavy atom. The topological polar surface area (TPSA) is 73.2 Å². The highest BCUT2D eigenvalue weighted by atomic mass is 35.5. The number of ether oxygens (including phenoxy) is 1. The molecule has 0 fully saturated rings. The smallest absolute Gasteiger partial charge is 0.328 e. The number of halogens is 3. The third kappa shape index (κ3) is 6.16. The van der Waals surface area contributed by atoms with Gasteiger partial charge in [-0.3, -0.25) is 4.79 Å². The Bertz CT molecular complexity index is 1420. The minimum atomic E-state index is -0.847. The summed E-state index contributed by atoms with van der Waals surface area (Å²) in [5, 5.41) is 8.85. The second kappa shape index (κ2) is 11.8. The van der Waals surface area contributed by atoms with E-state index in [1.54, 1.807) is 41.9 Å². The van der Waals surface area contributed by atoms with E-state index in [4.69, 9.17) is 39.5 Å². The summed E-state index contributed by atoms with van der Waals surface area (Å²) in [6.07, 6.45) is 0.958. The molecule has 0 aliphatic rings. The summed E-state index contributed by atoms with van der Waals surface area (Å²) < 4.78 is 6.55. The molecule has 1 unspecified atom stereocenters. The lowest BCUT2D eigenvalue weighted by molar-refractivity contribution is -0.143. The lowest BCUT2D eigenvalue weighted by atomic mass is 10.0. The van der Waals surface area contributed by atoms with Gasteiger partial charge in [-0.2, -0.15) is 5.10 Å². The lowest BCUT2D eigenvalue weighted by Crippen LogP contribution is -2.42. The predicted molar refractivity (Wildman–Crippen MR) is 147 cm³/mol. The number of aryl methyl sites for hydroxylation is 1. The van der Waals surface area contributed by atoms with Gasteiger partial charge in [-0.25, -0.2) is 9.48 Å². The van der Waals surface area contributed by atoms with E-state index in [0.29, 0.717) is 44.9 Å². The van der Waals surface area contributed by atoms with Crippen LogP contribution in [0.5, 0.6) is 0 Å². The van der Waals surface area contributed by atoms with E-state index >= 15 is 0 Å². The van der Waals surface area contributed by atoms with E-state index in [-0.39, 0.29) is 5.69 Å². The number of hydrogen-bond donors (Lipinski definition) is 1. The minimum Gasteiger partial charge on any atom is -0.467 e. The van der Waals surface area contributed by atoms with E-state index < -0.39 is 17.9 Å². The van der Waals surface area contributed by atoms with Crippen molar-refractivity contribution in [2.45, 2.75) is 25.8 Å². The Morgan fingerprint density at radius 1 is 0.973 bits per heavy atom. The number of esters is 1. The Kier molecular flexibility index (Phi) is 8.54. The Balaban J connectivity index is 1.71. The van der Waals surface area contributed by atoms with Crippen LogP contribution < -0.4 is 5.32 Å². The minimum absolute atomic E-state index is 0.157. The van der Waals surface area contributed by atoms with Gasteiger partial charge in [0, 0.05) is 21.2 Å². The number of hydrogen-bond acceptors (Lipinski definition) is 4. The number of nitrogens with one attached hydrogen (secondary N) is 1. The number of nitrogens with zero attached hydrogens (tertiary/aromatic N) is 2. The molecule has 4 rings (SSSR count). The van der Waals surface area contributed by atoms with Gasteiger partial charge in [-0.15, -0.1) is 0 Å². The maximum Gasteiger partial charge on any atom is 0.328 e. The molecule has 190 valence electrons. The second-order valence-corrected chi connectivity index (χ2v) is 9.69. The van der Waals surface area contributed by atoms with Gasteiger partial charge in [0.15, 0.2) is 5.69 Å². The van der Waals surface area contributed by atoms with Crippen LogP contribution >= 0.6 is 34.8 Å². The third-order valence-electron chi connectivity index (χ3n) is 5.95. The zero-order chi connectivity index (χ0) is 26.5. The van der Waals surface area contributed by atoms with Crippen LogP contribution in [0.1, 0.15) is 28.0 Å². The number of methoxy groups -OCH3 is 1. The molecule has 0 spiro atoms. The second-order valence-electron chi connectivity index (χ2n) is 8.41. The van der Waals surface area contributed by atoms with Crippen molar-refractivity contribution >= 4 is 46.7 Å². The fraction of sp³-hybridized carbons (Fsp3) is 0.179. The molecule has 1 N–H and O–H groups in total. The fourth-order valence-electron chi connectivity index (χ4n) is 4.06. The van der Waals surface area contributed by atoms with Crippen LogP contribution in [-0.2, 0) is 16.0 Å². The van der Waals surface area contributed by atoms with Gasteiger partial charge in [0.05, 0.1) is 23.5 Å². The van der Waals surface area contributed by atoms with Crippen molar-refractivity contribution in [3.05, 3.63) is 105 Å². The van der Waals surface area contributed by atoms with Crippen molar-refractivity contribution in [3.8, 4) is 16.9 Å². The standard InChI is InChI=1S/C28H24Cl3N3O3/c1-17-25(27(35)32-23(28(36)37-2)14-8-18-6-4-3-5-7-18)33-34(24-15-13-21(30)16-22(24)31)26(17)19-9-11-20(29)12-10-19/h3-7,9-13,15-16,23H,8,14H2,1-2H3,(H,32,35). The fourth-order valence-corrected chi connectivity index (χ4v) is 4.67. The summed E-state index contributed by atoms with van der Waals surface area (Å²) >= 11 is 18.7. The molecule has 1 amide bonds. The normalized spacial score (nSPS) is 11.7. The Labute approximate surface area is 230 Å². The van der Waals surface area contributed by atoms with Crippen molar-refractivity contribution in [3.63, 3.8) is 0 Å². The molecule has 0 saturated carbocycles. The Morgan fingerprint density at radius 3 is 2.30 bits per heavy atom. The molecule has 0 bridgehead atoms. The lowest BCUT2D eigenvalue weighted by Gasteiger charge is -2.16. The van der Waals surface area contributed by atoms with E-state index in [1.165, 1.54) is 7.11 Å². The van der Waals surface area contributed by atoms with Gasteiger partial charge in [0.2, 0.25) is 0 Å². The first-order valence-corrected chi connectivity index (χ1v) is 12.7. The van der Waals surface area contributed by atoms with Crippen LogP contribution in [-0.4, -0.2) is 34.8 Å². The number of rotatable bonds is 8. The van der Waals surface area contributed by atoms with Crippen molar-refractivity contribution < 1.29 is 14.3 Å². The molecular weight excluding hydrogens is 533 g/mol. The number of aromatic nitrogens is 2. The summed E-state index contributed by atoms with van der Waals surface area (Å²) in [6, 6.07) is 21.1. The zero-order valence-electron chi connectivity index (χ0n) is 20.2. The van der Waals surface area contributed by atoms with Crippen LogP contribution in [0.15, 0.2) is 72.8 Å². The summed E-state index contributed by atoms with van der Waals surface area (Å²) in [4.78, 5) is 26.0. The maximum atomic E-state index is 13.5. The van der Waals surface area contributed by atoms with Gasteiger partial charge in [0.25, 0.3) is 5.91 Å². The molecule has 9 heteroatoms. The average molecular weight is 557 g/mol. The highest BCUT2D eigenvalue weighted by molar-refractivity contribution is 6.35. The molecule has 3 aromatic carbocycles. The first-order chi connectivity index (χ1) is 17.8. The molecule has 1 aromatic heterocycles. The zero-order valence-corrected chi connectivity index (χ0v) is 22.4. The molecule has 0 aliphatic heterocycles. The molecule has 0 saturated heterocycles. The van der Waals surface area contributed by atoms with Crippen LogP contribution in [0.2, 0.25) is 15.1 Å². The Hall–Kier alpha value is -3.32. The molecular formula is C28H24Cl3N3O3. The summed E-state index contributed by atoms with van der Waals surface area (Å²) in [7, 11) is 1.30. The van der Waals surface area contributed by atoms with Gasteiger partial charge in [0.1, 0.15) is 6.04 Å². The van der Waals surface area contributed by atoms with Crippen molar-refractivity contribution in [1.29, 1.82) is 0 Å². The van der Waals surface area contributed by atoms with Crippen LogP contribution in [0.3, 0.4) is 0 Å². The molecule has 0 radical (unpaired) electrons. The molecule has 6 nitrogen and oxygen atoms in total. The molecule has 37 heavy (non-hydrogen) atoms. The molecule has 1 heterocycles. The highest BCUT2D eigenvalue weighted by Gasteiger charge is 2.27. The molecule has 1 atom stereocenters. The number of carbonyl (C=O) groups is 2. The summed E-state index contributed by atoms with van der Waals surface area (Å²) in [5.41, 5.74) is 3.81. The van der Waals surface area contributed by atoms with E-state index in [0.717, 1.165) is 11.1 Å². The van der Waals surface area contributed by atoms with Gasteiger partial charge >= 0.3 is 5.97 Å². The molecule has 0 aliphatic carbocycles. The average Bonchev–Trinajstić information content (AvgIpc) is 3.23. The van der Waals surface area contributed by atoms with E-state index in [2.05, 4.69) is 10.4 Å². The molecule has 4 aromatic rings. The largest absolute Gasteiger partial charge is 0.467 e. The maximum absolute atomic E-state index is 13.5. The summed E-state index contributed by atoms with van der Waals surface area (Å²) in [5.74, 6) is -1.03. The number of amides is 1. The van der Waals surface area contributed by atoms with Gasteiger partial charge in [-0.05, 0) is 55.7 Å². The first kappa shape index (κ1) is 26.7. The van der Waals surface area contributed by atoms with Crippen molar-refractivity contribution in [2.75, 3.05) is 7.11 Å². The van der Waals surface area contributed by atoms with Gasteiger partial charge < -0.3 is 10.1 Å². The highest BCUT2D eigenvalue weighted by Crippen LogP contribution is 2.33. The van der Waals surface area contributed by atoms with Crippen LogP contribution in [0.4, 0.5) is 0 Å². The van der Waals surface area contributed by atoms with Gasteiger partial charge in [-0.1, -0.05) is 77.3 Å². The third-order valence-corrected chi connectivity index (χ3v) is 6.74. The first-order valence-electron chi connectivity index (χ1n) is 11.5.